The molecule has 0 radical (unpaired) electrons. The zero-order valence-corrected chi connectivity index (χ0v) is 25.1. The summed E-state index contributed by atoms with van der Waals surface area (Å²) in [6.45, 7) is 4.51. The van der Waals surface area contributed by atoms with Crippen LogP contribution in [0.25, 0.3) is 5.57 Å². The molecule has 2 aliphatic rings. The van der Waals surface area contributed by atoms with Gasteiger partial charge in [-0.05, 0) is 65.6 Å². The third kappa shape index (κ3) is 7.83. The topological polar surface area (TPSA) is 53.9 Å². The van der Waals surface area contributed by atoms with Gasteiger partial charge in [0.05, 0.1) is 15.4 Å². The second-order valence-electron chi connectivity index (χ2n) is 9.91. The molecule has 210 valence electrons. The minimum absolute atomic E-state index is 0.413. The predicted octanol–water partition coefficient (Wildman–Crippen LogP) is 7.54. The fraction of sp³-hybridized carbons (Fsp3) is 0.273. The van der Waals surface area contributed by atoms with E-state index in [1.807, 2.05) is 61.3 Å². The van der Waals surface area contributed by atoms with E-state index >= 15 is 0 Å². The maximum atomic E-state index is 13.2. The summed E-state index contributed by atoms with van der Waals surface area (Å²) in [6.07, 6.45) is 15.1. The van der Waals surface area contributed by atoms with Crippen molar-refractivity contribution in [2.75, 3.05) is 13.3 Å². The Morgan fingerprint density at radius 3 is 2.52 bits per heavy atom. The lowest BCUT2D eigenvalue weighted by Gasteiger charge is -2.36. The first kappa shape index (κ1) is 29.6. The summed E-state index contributed by atoms with van der Waals surface area (Å²) < 4.78 is 22.3. The monoisotopic (exact) mass is 573 g/mol. The van der Waals surface area contributed by atoms with Gasteiger partial charge in [0.1, 0.15) is 12.4 Å². The first-order valence-electron chi connectivity index (χ1n) is 13.6. The average Bonchev–Trinajstić information content (AvgIpc) is 2.98. The summed E-state index contributed by atoms with van der Waals surface area (Å²) in [4.78, 5) is 6.98. The molecule has 0 saturated heterocycles. The highest BCUT2D eigenvalue weighted by Crippen LogP contribution is 2.39. The Bertz CT molecular complexity index is 1410. The van der Waals surface area contributed by atoms with Crippen LogP contribution < -0.4 is 9.46 Å². The highest BCUT2D eigenvalue weighted by atomic mass is 32.2. The summed E-state index contributed by atoms with van der Waals surface area (Å²) in [5, 5.41) is 3.50. The molecule has 1 atom stereocenters. The molecule has 1 fully saturated rings. The minimum Gasteiger partial charge on any atom is -0.489 e. The van der Waals surface area contributed by atoms with E-state index in [4.69, 9.17) is 9.73 Å². The van der Waals surface area contributed by atoms with Crippen molar-refractivity contribution in [2.45, 2.75) is 38.7 Å². The van der Waals surface area contributed by atoms with Gasteiger partial charge in [0.2, 0.25) is 0 Å². The third-order valence-corrected chi connectivity index (χ3v) is 8.62. The molecule has 4 rings (SSSR count). The lowest BCUT2D eigenvalue weighted by Crippen LogP contribution is -2.31. The smallest absolute Gasteiger partial charge is 0.156 e. The summed E-state index contributed by atoms with van der Waals surface area (Å²) >= 11 is 1.58. The fourth-order valence-corrected chi connectivity index (χ4v) is 6.29. The molecule has 1 aliphatic carbocycles. The van der Waals surface area contributed by atoms with Crippen LogP contribution in [0.15, 0.2) is 112 Å². The largest absolute Gasteiger partial charge is 0.489 e. The highest BCUT2D eigenvalue weighted by molar-refractivity contribution is 8.01. The van der Waals surface area contributed by atoms with Crippen LogP contribution in [0.2, 0.25) is 0 Å². The molecule has 1 heterocycles. The molecular weight excluding hydrogens is 535 g/mol. The van der Waals surface area contributed by atoms with E-state index in [9.17, 15) is 4.21 Å². The quantitative estimate of drug-likeness (QED) is 0.223. The van der Waals surface area contributed by atoms with Crippen molar-refractivity contribution in [1.29, 1.82) is 0 Å². The van der Waals surface area contributed by atoms with E-state index in [0.717, 1.165) is 35.3 Å². The first-order valence-corrected chi connectivity index (χ1v) is 16.7. The molecule has 0 spiro atoms. The molecule has 2 aromatic rings. The molecule has 2 aromatic carbocycles. The molecule has 1 saturated carbocycles. The van der Waals surface area contributed by atoms with Crippen LogP contribution in [-0.2, 0) is 16.3 Å². The van der Waals surface area contributed by atoms with Crippen molar-refractivity contribution in [3.63, 3.8) is 0 Å². The van der Waals surface area contributed by atoms with E-state index in [1.54, 1.807) is 29.3 Å². The van der Waals surface area contributed by atoms with E-state index in [-0.39, 0.29) is 0 Å². The van der Waals surface area contributed by atoms with Crippen LogP contribution >= 0.6 is 11.8 Å². The number of nitrogens with one attached hydrogen (secondary N) is 1. The van der Waals surface area contributed by atoms with Crippen LogP contribution in [0, 0.1) is 5.92 Å². The number of hydrogen-bond donors (Lipinski definition) is 1. The number of ether oxygens (including phenoxy) is 1. The number of aliphatic imine (C=N–C) groups is 1. The number of hydrogen-bond acceptors (Lipinski definition) is 5. The average molecular weight is 574 g/mol. The predicted molar refractivity (Wildman–Crippen MR) is 174 cm³/mol. The fourth-order valence-electron chi connectivity index (χ4n) is 5.08. The van der Waals surface area contributed by atoms with Crippen molar-refractivity contribution in [2.24, 2.45) is 10.9 Å². The highest BCUT2D eigenvalue weighted by Gasteiger charge is 2.29. The lowest BCUT2D eigenvalue weighted by molar-refractivity contribution is 0.306. The Balaban J connectivity index is 1.63. The second-order valence-corrected chi connectivity index (χ2v) is 12.6. The van der Waals surface area contributed by atoms with Gasteiger partial charge in [-0.15, -0.1) is 11.8 Å². The number of benzene rings is 2. The summed E-state index contributed by atoms with van der Waals surface area (Å²) in [5.74, 6) is 5.83. The van der Waals surface area contributed by atoms with Crippen molar-refractivity contribution < 1.29 is 8.95 Å². The first-order chi connectivity index (χ1) is 19.4. The van der Waals surface area contributed by atoms with E-state index < -0.39 is 9.71 Å². The Hall–Kier alpha value is -3.42. The Labute approximate surface area is 244 Å². The Kier molecular flexibility index (Phi) is 10.6. The standard InChI is InChI=1S/C33H39N3O2S2/c1-5-31(35-40(4,37)23-13-12-22-39-3)33-34-24-30(32(36(33)2)28-16-10-7-11-17-28)27-18-20-29(21-19-27)38-25-26-14-8-6-9-15-26/h5-6,8-9,12-15,18-24,28H,1,4,7,10-11,16-17,25H2,2-3H3,(H,35,37)/b22-12-,23-13+,33-31+. The number of thioether (sulfide) groups is 1. The van der Waals surface area contributed by atoms with E-state index in [2.05, 4.69) is 46.3 Å². The molecule has 0 aromatic heterocycles. The molecule has 5 nitrogen and oxygen atoms in total. The number of nitrogens with zero attached hydrogens (tertiary/aromatic N) is 2. The van der Waals surface area contributed by atoms with Gasteiger partial charge < -0.3 is 14.4 Å². The second kappa shape index (κ2) is 14.3. The third-order valence-electron chi connectivity index (χ3n) is 7.03. The summed E-state index contributed by atoms with van der Waals surface area (Å²) in [7, 11) is -0.693. The SMILES string of the molecule is C=C/C(NS(=C)(=O)/C=C/C=C\SC)=C1/N=CC(c2ccc(OCc3ccccc3)cc2)=C(C2CCCCC2)N1C. The van der Waals surface area contributed by atoms with Crippen molar-refractivity contribution in [3.05, 3.63) is 119 Å². The molecule has 1 N–H and O–H groups in total. The summed E-state index contributed by atoms with van der Waals surface area (Å²) in [6, 6.07) is 18.4. The number of allylic oxidation sites excluding steroid dienone is 5. The molecule has 0 bridgehead atoms. The molecule has 0 amide bonds. The maximum absolute atomic E-state index is 13.2. The number of rotatable bonds is 11. The van der Waals surface area contributed by atoms with Crippen molar-refractivity contribution in [3.8, 4) is 5.75 Å². The Morgan fingerprint density at radius 1 is 1.12 bits per heavy atom. The van der Waals surface area contributed by atoms with Gasteiger partial charge in [-0.1, -0.05) is 80.5 Å². The van der Waals surface area contributed by atoms with Gasteiger partial charge in [0.25, 0.3) is 0 Å². The van der Waals surface area contributed by atoms with Gasteiger partial charge in [0, 0.05) is 29.9 Å². The maximum Gasteiger partial charge on any atom is 0.156 e. The zero-order valence-electron chi connectivity index (χ0n) is 23.4. The zero-order chi connectivity index (χ0) is 28.4. The van der Waals surface area contributed by atoms with Gasteiger partial charge in [-0.2, -0.15) is 0 Å². The van der Waals surface area contributed by atoms with Gasteiger partial charge in [-0.25, -0.2) is 9.20 Å². The van der Waals surface area contributed by atoms with Crippen molar-refractivity contribution in [1.82, 2.24) is 9.62 Å². The molecule has 7 heteroatoms. The molecular formula is C33H39N3O2S2. The van der Waals surface area contributed by atoms with Crippen LogP contribution in [-0.4, -0.2) is 34.5 Å². The van der Waals surface area contributed by atoms with Gasteiger partial charge in [0.15, 0.2) is 5.82 Å². The summed E-state index contributed by atoms with van der Waals surface area (Å²) in [5.41, 5.74) is 5.17. The van der Waals surface area contributed by atoms with E-state index in [1.165, 1.54) is 25.0 Å². The molecule has 1 unspecified atom stereocenters. The molecule has 40 heavy (non-hydrogen) atoms. The minimum atomic E-state index is -2.74. The van der Waals surface area contributed by atoms with Crippen molar-refractivity contribution >= 4 is 39.1 Å². The normalized spacial score (nSPS) is 19.2. The van der Waals surface area contributed by atoms with Crippen LogP contribution in [0.3, 0.4) is 0 Å². The van der Waals surface area contributed by atoms with Gasteiger partial charge in [-0.3, -0.25) is 0 Å². The lowest BCUT2D eigenvalue weighted by atomic mass is 9.83. The van der Waals surface area contributed by atoms with E-state index in [0.29, 0.717) is 24.0 Å². The van der Waals surface area contributed by atoms with Crippen LogP contribution in [0.5, 0.6) is 5.75 Å². The Morgan fingerprint density at radius 2 is 1.85 bits per heavy atom. The van der Waals surface area contributed by atoms with Gasteiger partial charge >= 0.3 is 0 Å². The van der Waals surface area contributed by atoms with Crippen LogP contribution in [0.1, 0.15) is 43.2 Å². The molecule has 1 aliphatic heterocycles. The van der Waals surface area contributed by atoms with Crippen LogP contribution in [0.4, 0.5) is 0 Å².